The van der Waals surface area contributed by atoms with E-state index in [1.807, 2.05) is 32.9 Å². The number of likely N-dealkylation sites (tertiary alicyclic amines) is 1. The van der Waals surface area contributed by atoms with Crippen LogP contribution in [0.4, 0.5) is 5.69 Å². The van der Waals surface area contributed by atoms with Gasteiger partial charge in [-0.2, -0.15) is 0 Å². The smallest absolute Gasteiger partial charge is 0.256 e. The Kier molecular flexibility index (Phi) is 5.09. The first-order chi connectivity index (χ1) is 15.8. The van der Waals surface area contributed by atoms with Gasteiger partial charge in [0.1, 0.15) is 0 Å². The standard InChI is InChI=1S/C25H25N5O3/c1-13-4-6-26-10-19(13)21-8-17-18(24(32)29-22(17)11-27-21)9-20-14(2)23(15(3)28-20)25(33)30-7-5-16(31)12-30/h4,6,8-11,16,28,31H,5,7,12H2,1-3H3,(H,29,32)/b18-9-/t16-/m1/s1. The van der Waals surface area contributed by atoms with Gasteiger partial charge in [-0.1, -0.05) is 0 Å². The first-order valence-corrected chi connectivity index (χ1v) is 10.9. The molecule has 2 aliphatic heterocycles. The van der Waals surface area contributed by atoms with Gasteiger partial charge in [0.15, 0.2) is 0 Å². The number of aromatic amines is 1. The Bertz CT molecular complexity index is 1320. The van der Waals surface area contributed by atoms with E-state index in [-0.39, 0.29) is 11.8 Å². The highest BCUT2D eigenvalue weighted by molar-refractivity contribution is 6.35. The van der Waals surface area contributed by atoms with E-state index in [1.165, 1.54) is 0 Å². The predicted molar refractivity (Wildman–Crippen MR) is 125 cm³/mol. The molecular formula is C25H25N5O3. The summed E-state index contributed by atoms with van der Waals surface area (Å²) in [7, 11) is 0. The van der Waals surface area contributed by atoms with Crippen LogP contribution in [0.1, 0.15) is 44.9 Å². The van der Waals surface area contributed by atoms with Crippen LogP contribution in [-0.4, -0.2) is 56.0 Å². The van der Waals surface area contributed by atoms with Gasteiger partial charge in [-0.05, 0) is 56.5 Å². The summed E-state index contributed by atoms with van der Waals surface area (Å²) in [5, 5.41) is 12.7. The van der Waals surface area contributed by atoms with E-state index in [0.29, 0.717) is 42.0 Å². The molecular weight excluding hydrogens is 418 g/mol. The largest absolute Gasteiger partial charge is 0.391 e. The second-order valence-corrected chi connectivity index (χ2v) is 8.68. The molecule has 168 valence electrons. The molecule has 1 fully saturated rings. The van der Waals surface area contributed by atoms with Crippen LogP contribution in [0.25, 0.3) is 22.9 Å². The summed E-state index contributed by atoms with van der Waals surface area (Å²) in [4.78, 5) is 39.5. The highest BCUT2D eigenvalue weighted by Gasteiger charge is 2.30. The maximum atomic E-state index is 13.1. The molecule has 2 aliphatic rings. The molecule has 1 atom stereocenters. The van der Waals surface area contributed by atoms with Crippen LogP contribution in [0, 0.1) is 20.8 Å². The second-order valence-electron chi connectivity index (χ2n) is 8.68. The van der Waals surface area contributed by atoms with Crippen molar-refractivity contribution >= 4 is 29.2 Å². The third-order valence-corrected chi connectivity index (χ3v) is 6.43. The number of nitrogens with one attached hydrogen (secondary N) is 2. The summed E-state index contributed by atoms with van der Waals surface area (Å²) < 4.78 is 0. The minimum Gasteiger partial charge on any atom is -0.391 e. The molecule has 0 unspecified atom stereocenters. The molecule has 0 spiro atoms. The number of carbonyl (C=O) groups excluding carboxylic acids is 2. The van der Waals surface area contributed by atoms with Crippen LogP contribution in [0.15, 0.2) is 30.7 Å². The molecule has 8 heteroatoms. The van der Waals surface area contributed by atoms with Gasteiger partial charge in [-0.15, -0.1) is 0 Å². The first kappa shape index (κ1) is 21.1. The van der Waals surface area contributed by atoms with Gasteiger partial charge in [-0.25, -0.2) is 0 Å². The third-order valence-electron chi connectivity index (χ3n) is 6.43. The van der Waals surface area contributed by atoms with E-state index in [1.54, 1.807) is 29.6 Å². The van der Waals surface area contributed by atoms with Gasteiger partial charge in [0.05, 0.1) is 34.8 Å². The van der Waals surface area contributed by atoms with Crippen LogP contribution < -0.4 is 5.32 Å². The Morgan fingerprint density at radius 3 is 2.79 bits per heavy atom. The number of pyridine rings is 2. The van der Waals surface area contributed by atoms with E-state index in [4.69, 9.17) is 0 Å². The van der Waals surface area contributed by atoms with Gasteiger partial charge in [0.25, 0.3) is 11.8 Å². The average molecular weight is 444 g/mol. The summed E-state index contributed by atoms with van der Waals surface area (Å²) in [6.07, 6.45) is 7.08. The van der Waals surface area contributed by atoms with E-state index in [9.17, 15) is 14.7 Å². The van der Waals surface area contributed by atoms with Crippen molar-refractivity contribution in [2.45, 2.75) is 33.3 Å². The molecule has 0 aromatic carbocycles. The summed E-state index contributed by atoms with van der Waals surface area (Å²) in [5.74, 6) is -0.314. The zero-order valence-corrected chi connectivity index (χ0v) is 18.8. The number of aliphatic hydroxyl groups excluding tert-OH is 1. The summed E-state index contributed by atoms with van der Waals surface area (Å²) in [6, 6.07) is 3.82. The minimum atomic E-state index is -0.472. The lowest BCUT2D eigenvalue weighted by Crippen LogP contribution is -2.30. The highest BCUT2D eigenvalue weighted by Crippen LogP contribution is 2.36. The van der Waals surface area contributed by atoms with Crippen molar-refractivity contribution in [3.63, 3.8) is 0 Å². The first-order valence-electron chi connectivity index (χ1n) is 10.9. The van der Waals surface area contributed by atoms with E-state index in [2.05, 4.69) is 20.3 Å². The van der Waals surface area contributed by atoms with Crippen LogP contribution in [0.3, 0.4) is 0 Å². The number of H-pyrrole nitrogens is 1. The molecule has 3 aromatic rings. The number of rotatable bonds is 3. The maximum Gasteiger partial charge on any atom is 0.256 e. The second kappa shape index (κ2) is 7.97. The Morgan fingerprint density at radius 1 is 1.24 bits per heavy atom. The van der Waals surface area contributed by atoms with Crippen molar-refractivity contribution in [1.82, 2.24) is 19.9 Å². The number of aromatic nitrogens is 3. The fourth-order valence-corrected chi connectivity index (χ4v) is 4.58. The summed E-state index contributed by atoms with van der Waals surface area (Å²) in [6.45, 7) is 6.61. The molecule has 0 saturated carbocycles. The van der Waals surface area contributed by atoms with Crippen molar-refractivity contribution in [3.8, 4) is 11.3 Å². The van der Waals surface area contributed by atoms with Crippen molar-refractivity contribution in [2.24, 2.45) is 0 Å². The number of β-amino-alcohol motifs (C(OH)–C–C–N with tert-alkyl or cyclic N) is 1. The molecule has 1 saturated heterocycles. The number of hydrogen-bond acceptors (Lipinski definition) is 5. The molecule has 33 heavy (non-hydrogen) atoms. The molecule has 0 bridgehead atoms. The molecule has 5 heterocycles. The van der Waals surface area contributed by atoms with Gasteiger partial charge in [0.2, 0.25) is 0 Å². The molecule has 3 N–H and O–H groups in total. The number of nitrogens with zero attached hydrogens (tertiary/aromatic N) is 3. The van der Waals surface area contributed by atoms with Crippen molar-refractivity contribution in [1.29, 1.82) is 0 Å². The topological polar surface area (TPSA) is 111 Å². The molecule has 2 amide bonds. The van der Waals surface area contributed by atoms with Gasteiger partial charge < -0.3 is 20.3 Å². The SMILES string of the molecule is Cc1ccncc1-c1cc2c(cn1)NC(=O)/C2=C\c1[nH]c(C)c(C(=O)N2CC[C@@H](O)C2)c1C. The fraction of sp³-hybridized carbons (Fsp3) is 0.280. The molecule has 3 aromatic heterocycles. The van der Waals surface area contributed by atoms with Crippen LogP contribution in [-0.2, 0) is 4.79 Å². The van der Waals surface area contributed by atoms with Crippen LogP contribution >= 0.6 is 0 Å². The van der Waals surface area contributed by atoms with Gasteiger partial charge in [0, 0.05) is 48.0 Å². The minimum absolute atomic E-state index is 0.0998. The van der Waals surface area contributed by atoms with Crippen LogP contribution in [0.2, 0.25) is 0 Å². The normalized spacial score (nSPS) is 18.7. The number of amides is 2. The summed E-state index contributed by atoms with van der Waals surface area (Å²) >= 11 is 0. The Balaban J connectivity index is 1.54. The lowest BCUT2D eigenvalue weighted by atomic mass is 10.0. The predicted octanol–water partition coefficient (Wildman–Crippen LogP) is 3.10. The van der Waals surface area contributed by atoms with Gasteiger partial charge in [-0.3, -0.25) is 19.6 Å². The van der Waals surface area contributed by atoms with E-state index >= 15 is 0 Å². The monoisotopic (exact) mass is 443 g/mol. The Labute approximate surface area is 191 Å². The quantitative estimate of drug-likeness (QED) is 0.539. The molecule has 0 radical (unpaired) electrons. The van der Waals surface area contributed by atoms with Gasteiger partial charge >= 0.3 is 0 Å². The fourth-order valence-electron chi connectivity index (χ4n) is 4.58. The lowest BCUT2D eigenvalue weighted by molar-refractivity contribution is -0.110. The highest BCUT2D eigenvalue weighted by atomic mass is 16.3. The number of fused-ring (bicyclic) bond motifs is 1. The van der Waals surface area contributed by atoms with Crippen molar-refractivity contribution in [2.75, 3.05) is 18.4 Å². The number of anilines is 1. The molecule has 0 aliphatic carbocycles. The Morgan fingerprint density at radius 2 is 2.06 bits per heavy atom. The van der Waals surface area contributed by atoms with Crippen molar-refractivity contribution in [3.05, 3.63) is 64.4 Å². The molecule has 8 nitrogen and oxygen atoms in total. The van der Waals surface area contributed by atoms with Crippen LogP contribution in [0.5, 0.6) is 0 Å². The number of aliphatic hydroxyl groups is 1. The lowest BCUT2D eigenvalue weighted by Gasteiger charge is -2.16. The number of hydrogen-bond donors (Lipinski definition) is 3. The number of aryl methyl sites for hydroxylation is 2. The average Bonchev–Trinajstić information content (AvgIpc) is 3.44. The maximum absolute atomic E-state index is 13.1. The van der Waals surface area contributed by atoms with E-state index in [0.717, 1.165) is 33.6 Å². The van der Waals surface area contributed by atoms with Crippen molar-refractivity contribution < 1.29 is 14.7 Å². The molecule has 5 rings (SSSR count). The summed E-state index contributed by atoms with van der Waals surface area (Å²) in [5.41, 5.74) is 7.45. The number of carbonyl (C=O) groups is 2. The third kappa shape index (κ3) is 3.62. The van der Waals surface area contributed by atoms with E-state index < -0.39 is 6.10 Å². The Hall–Kier alpha value is -3.78. The zero-order chi connectivity index (χ0) is 23.3. The zero-order valence-electron chi connectivity index (χ0n) is 18.8.